The molecule has 0 saturated carbocycles. The van der Waals surface area contributed by atoms with Gasteiger partial charge in [0, 0.05) is 12.0 Å². The van der Waals surface area contributed by atoms with Gasteiger partial charge in [-0.1, -0.05) is 0 Å². The van der Waals surface area contributed by atoms with Gasteiger partial charge >= 0.3 is 0 Å². The minimum absolute atomic E-state index is 0.112. The maximum Gasteiger partial charge on any atom is 0.200 e. The zero-order chi connectivity index (χ0) is 12.1. The second-order valence-corrected chi connectivity index (χ2v) is 3.19. The summed E-state index contributed by atoms with van der Waals surface area (Å²) in [5.74, 6) is 0.188. The molecule has 0 aromatic heterocycles. The topological polar surface area (TPSA) is 81.8 Å². The molecule has 0 saturated heterocycles. The molecule has 0 fully saturated rings. The van der Waals surface area contributed by atoms with Crippen LogP contribution in [0, 0.1) is 0 Å². The second-order valence-electron chi connectivity index (χ2n) is 3.19. The Kier molecular flexibility index (Phi) is 4.13. The molecule has 0 aliphatic rings. The third-order valence-electron chi connectivity index (χ3n) is 2.17. The predicted octanol–water partition coefficient (Wildman–Crippen LogP) is 0.941. The van der Waals surface area contributed by atoms with Crippen molar-refractivity contribution in [2.75, 3.05) is 20.8 Å². The van der Waals surface area contributed by atoms with Gasteiger partial charge in [0.05, 0.1) is 14.2 Å². The first-order valence-electron chi connectivity index (χ1n) is 4.82. The van der Waals surface area contributed by atoms with Crippen LogP contribution >= 0.6 is 0 Å². The molecule has 0 bridgehead atoms. The zero-order valence-electron chi connectivity index (χ0n) is 9.32. The molecule has 1 aromatic carbocycles. The van der Waals surface area contributed by atoms with Gasteiger partial charge in [-0.2, -0.15) is 0 Å². The van der Waals surface area contributed by atoms with Crippen LogP contribution in [0.3, 0.4) is 0 Å². The van der Waals surface area contributed by atoms with Crippen molar-refractivity contribution in [1.29, 1.82) is 0 Å². The normalized spacial score (nSPS) is 9.94. The van der Waals surface area contributed by atoms with Gasteiger partial charge in [0.25, 0.3) is 0 Å². The first kappa shape index (κ1) is 12.3. The molecule has 88 valence electrons. The number of phenols is 1. The standard InChI is InChI=1S/C11H15NO4/c1-15-9-5-7(8(13)3-4-12)6-10(16-2)11(9)14/h5-6,14H,3-4,12H2,1-2H3. The molecular formula is C11H15NO4. The summed E-state index contributed by atoms with van der Waals surface area (Å²) in [6.45, 7) is 0.282. The van der Waals surface area contributed by atoms with Crippen molar-refractivity contribution in [1.82, 2.24) is 0 Å². The highest BCUT2D eigenvalue weighted by Gasteiger charge is 2.14. The lowest BCUT2D eigenvalue weighted by atomic mass is 10.1. The summed E-state index contributed by atoms with van der Waals surface area (Å²) in [6, 6.07) is 2.94. The van der Waals surface area contributed by atoms with Gasteiger partial charge in [-0.15, -0.1) is 0 Å². The maximum atomic E-state index is 11.6. The van der Waals surface area contributed by atoms with Crippen molar-refractivity contribution in [2.45, 2.75) is 6.42 Å². The Hall–Kier alpha value is -1.75. The number of rotatable bonds is 5. The van der Waals surface area contributed by atoms with Crippen LogP contribution in [-0.2, 0) is 0 Å². The average Bonchev–Trinajstić information content (AvgIpc) is 2.29. The van der Waals surface area contributed by atoms with Crippen molar-refractivity contribution in [3.63, 3.8) is 0 Å². The van der Waals surface area contributed by atoms with E-state index >= 15 is 0 Å². The number of benzene rings is 1. The third kappa shape index (κ3) is 2.43. The lowest BCUT2D eigenvalue weighted by Gasteiger charge is -2.10. The highest BCUT2D eigenvalue weighted by Crippen LogP contribution is 2.37. The second kappa shape index (κ2) is 5.37. The molecule has 0 aliphatic carbocycles. The van der Waals surface area contributed by atoms with Gasteiger partial charge in [0.1, 0.15) is 0 Å². The number of methoxy groups -OCH3 is 2. The summed E-state index contributed by atoms with van der Waals surface area (Å²) in [6.07, 6.45) is 0.247. The molecule has 0 unspecified atom stereocenters. The number of carbonyl (C=O) groups is 1. The van der Waals surface area contributed by atoms with Crippen molar-refractivity contribution < 1.29 is 19.4 Å². The molecule has 1 rings (SSSR count). The fraction of sp³-hybridized carbons (Fsp3) is 0.364. The average molecular weight is 225 g/mol. The van der Waals surface area contributed by atoms with Crippen molar-refractivity contribution in [3.8, 4) is 17.2 Å². The van der Waals surface area contributed by atoms with E-state index in [1.807, 2.05) is 0 Å². The third-order valence-corrected chi connectivity index (χ3v) is 2.17. The Bertz CT molecular complexity index is 365. The summed E-state index contributed by atoms with van der Waals surface area (Å²) >= 11 is 0. The molecule has 0 radical (unpaired) electrons. The van der Waals surface area contributed by atoms with E-state index in [4.69, 9.17) is 15.2 Å². The highest BCUT2D eigenvalue weighted by atomic mass is 16.5. The Balaban J connectivity index is 3.16. The van der Waals surface area contributed by atoms with Crippen molar-refractivity contribution in [2.24, 2.45) is 5.73 Å². The molecule has 0 amide bonds. The van der Waals surface area contributed by atoms with E-state index in [2.05, 4.69) is 0 Å². The molecule has 0 aliphatic heterocycles. The van der Waals surface area contributed by atoms with Crippen molar-refractivity contribution >= 4 is 5.78 Å². The molecule has 1 aromatic rings. The van der Waals surface area contributed by atoms with E-state index in [-0.39, 0.29) is 36.0 Å². The number of hydrogen-bond acceptors (Lipinski definition) is 5. The Morgan fingerprint density at radius 3 is 2.19 bits per heavy atom. The molecule has 16 heavy (non-hydrogen) atoms. The quantitative estimate of drug-likeness (QED) is 0.729. The van der Waals surface area contributed by atoms with Crippen molar-refractivity contribution in [3.05, 3.63) is 17.7 Å². The first-order chi connectivity index (χ1) is 7.63. The van der Waals surface area contributed by atoms with Crippen LogP contribution in [-0.4, -0.2) is 31.7 Å². The van der Waals surface area contributed by atoms with Gasteiger partial charge in [-0.25, -0.2) is 0 Å². The number of nitrogens with two attached hydrogens (primary N) is 1. The van der Waals surface area contributed by atoms with Crippen LogP contribution in [0.1, 0.15) is 16.8 Å². The number of ether oxygens (including phenoxy) is 2. The molecule has 5 nitrogen and oxygen atoms in total. The van der Waals surface area contributed by atoms with Gasteiger partial charge in [0.15, 0.2) is 17.3 Å². The van der Waals surface area contributed by atoms with E-state index in [1.54, 1.807) is 0 Å². The fourth-order valence-corrected chi connectivity index (χ4v) is 1.33. The smallest absolute Gasteiger partial charge is 0.200 e. The molecule has 5 heteroatoms. The largest absolute Gasteiger partial charge is 0.502 e. The number of carbonyl (C=O) groups excluding carboxylic acids is 1. The van der Waals surface area contributed by atoms with E-state index in [0.29, 0.717) is 5.56 Å². The summed E-state index contributed by atoms with van der Waals surface area (Å²) in [5.41, 5.74) is 5.72. The Labute approximate surface area is 93.8 Å². The first-order valence-corrected chi connectivity index (χ1v) is 4.82. The fourth-order valence-electron chi connectivity index (χ4n) is 1.33. The number of Topliss-reactive ketones (excluding diaryl/α,β-unsaturated/α-hetero) is 1. The molecule has 0 heterocycles. The molecule has 3 N–H and O–H groups in total. The maximum absolute atomic E-state index is 11.6. The number of ketones is 1. The van der Waals surface area contributed by atoms with Gasteiger partial charge in [0.2, 0.25) is 5.75 Å². The Morgan fingerprint density at radius 1 is 1.31 bits per heavy atom. The van der Waals surface area contributed by atoms with Gasteiger partial charge in [-0.05, 0) is 18.7 Å². The molecular weight excluding hydrogens is 210 g/mol. The van der Waals surface area contributed by atoms with E-state index < -0.39 is 0 Å². The number of hydrogen-bond donors (Lipinski definition) is 2. The summed E-state index contributed by atoms with van der Waals surface area (Å²) in [5, 5.41) is 9.64. The predicted molar refractivity (Wildman–Crippen MR) is 59.2 cm³/mol. The SMILES string of the molecule is COc1cc(C(=O)CCN)cc(OC)c1O. The van der Waals surface area contributed by atoms with Gasteiger partial charge < -0.3 is 20.3 Å². The van der Waals surface area contributed by atoms with Crippen LogP contribution < -0.4 is 15.2 Å². The lowest BCUT2D eigenvalue weighted by molar-refractivity contribution is 0.0984. The van der Waals surface area contributed by atoms with Crippen LogP contribution in [0.5, 0.6) is 17.2 Å². The van der Waals surface area contributed by atoms with E-state index in [9.17, 15) is 9.90 Å². The number of aromatic hydroxyl groups is 1. The van der Waals surface area contributed by atoms with Crippen LogP contribution in [0.25, 0.3) is 0 Å². The van der Waals surface area contributed by atoms with Crippen LogP contribution in [0.15, 0.2) is 12.1 Å². The highest BCUT2D eigenvalue weighted by molar-refractivity contribution is 5.97. The Morgan fingerprint density at radius 2 is 1.81 bits per heavy atom. The van der Waals surface area contributed by atoms with Gasteiger partial charge in [-0.3, -0.25) is 4.79 Å². The van der Waals surface area contributed by atoms with E-state index in [1.165, 1.54) is 26.4 Å². The van der Waals surface area contributed by atoms with Crippen LogP contribution in [0.2, 0.25) is 0 Å². The van der Waals surface area contributed by atoms with E-state index in [0.717, 1.165) is 0 Å². The summed E-state index contributed by atoms with van der Waals surface area (Å²) in [4.78, 5) is 11.6. The lowest BCUT2D eigenvalue weighted by Crippen LogP contribution is -2.08. The molecule has 0 atom stereocenters. The minimum atomic E-state index is -0.116. The van der Waals surface area contributed by atoms with Crippen LogP contribution in [0.4, 0.5) is 0 Å². The monoisotopic (exact) mass is 225 g/mol. The number of phenolic OH excluding ortho intramolecular Hbond substituents is 1. The molecule has 0 spiro atoms. The zero-order valence-corrected chi connectivity index (χ0v) is 9.32. The summed E-state index contributed by atoms with van der Waals surface area (Å²) < 4.78 is 9.89. The summed E-state index contributed by atoms with van der Waals surface area (Å²) in [7, 11) is 2.82. The minimum Gasteiger partial charge on any atom is -0.502 e.